The molecule has 4 rings (SSSR count). The van der Waals surface area contributed by atoms with E-state index in [4.69, 9.17) is 4.84 Å². The van der Waals surface area contributed by atoms with Crippen LogP contribution < -0.4 is 0 Å². The number of carbonyl (C=O) groups excluding carboxylic acids is 3. The van der Waals surface area contributed by atoms with Gasteiger partial charge in [-0.1, -0.05) is 47.5 Å². The average Bonchev–Trinajstić information content (AvgIpc) is 3.37. The third-order valence-corrected chi connectivity index (χ3v) is 4.40. The lowest BCUT2D eigenvalue weighted by atomic mass is 9.96. The van der Waals surface area contributed by atoms with Gasteiger partial charge in [-0.2, -0.15) is 0 Å². The molecule has 1 aliphatic carbocycles. The lowest BCUT2D eigenvalue weighted by molar-refractivity contribution is -0.171. The van der Waals surface area contributed by atoms with Crippen LogP contribution in [0.5, 0.6) is 0 Å². The molecule has 0 bridgehead atoms. The van der Waals surface area contributed by atoms with Gasteiger partial charge in [-0.25, -0.2) is 4.79 Å². The van der Waals surface area contributed by atoms with Crippen molar-refractivity contribution in [2.24, 2.45) is 0 Å². The normalized spacial score (nSPS) is 17.8. The van der Waals surface area contributed by atoms with Crippen molar-refractivity contribution in [3.8, 4) is 0 Å². The second-order valence-electron chi connectivity index (χ2n) is 5.78. The molecule has 0 spiro atoms. The minimum Gasteiger partial charge on any atom is -0.329 e. The summed E-state index contributed by atoms with van der Waals surface area (Å²) in [4.78, 5) is 42.3. The molecule has 114 valence electrons. The minimum atomic E-state index is -0.739. The van der Waals surface area contributed by atoms with Gasteiger partial charge in [0.25, 0.3) is 11.8 Å². The van der Waals surface area contributed by atoms with E-state index in [-0.39, 0.29) is 11.1 Å². The van der Waals surface area contributed by atoms with Gasteiger partial charge in [0.05, 0.1) is 16.5 Å². The Labute approximate surface area is 132 Å². The van der Waals surface area contributed by atoms with Crippen molar-refractivity contribution < 1.29 is 19.2 Å². The molecule has 5 nitrogen and oxygen atoms in total. The van der Waals surface area contributed by atoms with Crippen LogP contribution in [0.3, 0.4) is 0 Å². The third kappa shape index (κ3) is 1.97. The highest BCUT2D eigenvalue weighted by molar-refractivity contribution is 6.21. The maximum atomic E-state index is 12.6. The molecule has 2 aromatic carbocycles. The van der Waals surface area contributed by atoms with Crippen LogP contribution in [-0.4, -0.2) is 22.8 Å². The number of amides is 2. The molecule has 1 aliphatic heterocycles. The Kier molecular flexibility index (Phi) is 2.84. The van der Waals surface area contributed by atoms with Crippen LogP contribution in [-0.2, 0) is 15.0 Å². The first kappa shape index (κ1) is 13.7. The molecule has 2 aromatic rings. The van der Waals surface area contributed by atoms with Crippen LogP contribution in [0.2, 0.25) is 0 Å². The van der Waals surface area contributed by atoms with E-state index < -0.39 is 23.2 Å². The van der Waals surface area contributed by atoms with Crippen molar-refractivity contribution >= 4 is 17.8 Å². The SMILES string of the molecule is O=C1c2ccccc2C(=O)N1OC(=O)C1(c2ccccc2)CC1. The van der Waals surface area contributed by atoms with E-state index in [0.29, 0.717) is 17.9 Å². The highest BCUT2D eigenvalue weighted by atomic mass is 16.7. The second kappa shape index (κ2) is 4.78. The molecule has 0 N–H and O–H groups in total. The van der Waals surface area contributed by atoms with Gasteiger partial charge in [0.15, 0.2) is 0 Å². The first-order chi connectivity index (χ1) is 11.1. The summed E-state index contributed by atoms with van der Waals surface area (Å²) in [5, 5.41) is 0.579. The summed E-state index contributed by atoms with van der Waals surface area (Å²) in [6, 6.07) is 15.7. The molecule has 23 heavy (non-hydrogen) atoms. The predicted molar refractivity (Wildman–Crippen MR) is 80.4 cm³/mol. The van der Waals surface area contributed by atoms with Crippen molar-refractivity contribution in [3.63, 3.8) is 0 Å². The molecular formula is C18H13NO4. The Morgan fingerprint density at radius 2 is 1.39 bits per heavy atom. The zero-order valence-electron chi connectivity index (χ0n) is 12.2. The van der Waals surface area contributed by atoms with Crippen LogP contribution in [0.4, 0.5) is 0 Å². The lowest BCUT2D eigenvalue weighted by Gasteiger charge is -2.18. The Hall–Kier alpha value is -2.95. The number of hydrogen-bond donors (Lipinski definition) is 0. The van der Waals surface area contributed by atoms with Gasteiger partial charge in [-0.05, 0) is 30.5 Å². The summed E-state index contributed by atoms with van der Waals surface area (Å²) < 4.78 is 0. The summed E-state index contributed by atoms with van der Waals surface area (Å²) in [5.41, 5.74) is 0.627. The average molecular weight is 307 g/mol. The van der Waals surface area contributed by atoms with E-state index in [1.165, 1.54) is 0 Å². The zero-order chi connectivity index (χ0) is 16.0. The number of fused-ring (bicyclic) bond motifs is 1. The maximum absolute atomic E-state index is 12.6. The summed E-state index contributed by atoms with van der Waals surface area (Å²) in [5.74, 6) is -1.75. The second-order valence-corrected chi connectivity index (χ2v) is 5.78. The number of imide groups is 1. The molecule has 1 saturated carbocycles. The molecule has 0 atom stereocenters. The molecule has 0 saturated heterocycles. The van der Waals surface area contributed by atoms with Gasteiger partial charge in [0.1, 0.15) is 0 Å². The van der Waals surface area contributed by atoms with Crippen molar-refractivity contribution in [2.75, 3.05) is 0 Å². The fourth-order valence-corrected chi connectivity index (χ4v) is 2.91. The van der Waals surface area contributed by atoms with E-state index in [0.717, 1.165) is 5.56 Å². The first-order valence-corrected chi connectivity index (χ1v) is 7.39. The fraction of sp³-hybridized carbons (Fsp3) is 0.167. The van der Waals surface area contributed by atoms with Gasteiger partial charge in [-0.3, -0.25) is 9.59 Å². The standard InChI is InChI=1S/C18H13NO4/c20-15-13-8-4-5-9-14(13)16(21)19(15)23-17(22)18(10-11-18)12-6-2-1-3-7-12/h1-9H,10-11H2. The number of hydroxylamine groups is 2. The first-order valence-electron chi connectivity index (χ1n) is 7.39. The molecule has 0 radical (unpaired) electrons. The molecule has 1 fully saturated rings. The largest absolute Gasteiger partial charge is 0.343 e. The quantitative estimate of drug-likeness (QED) is 0.817. The molecule has 2 amide bonds. The zero-order valence-corrected chi connectivity index (χ0v) is 12.2. The van der Waals surface area contributed by atoms with Crippen LogP contribution in [0.15, 0.2) is 54.6 Å². The topological polar surface area (TPSA) is 63.7 Å². The van der Waals surface area contributed by atoms with Crippen molar-refractivity contribution in [3.05, 3.63) is 71.3 Å². The summed E-state index contributed by atoms with van der Waals surface area (Å²) in [6.07, 6.45) is 1.30. The molecular weight excluding hydrogens is 294 g/mol. The van der Waals surface area contributed by atoms with Crippen molar-refractivity contribution in [1.29, 1.82) is 0 Å². The molecule has 0 aromatic heterocycles. The van der Waals surface area contributed by atoms with Crippen LogP contribution in [0.1, 0.15) is 39.1 Å². The number of benzene rings is 2. The Morgan fingerprint density at radius 3 is 1.91 bits per heavy atom. The molecule has 2 aliphatic rings. The Balaban J connectivity index is 1.59. The van der Waals surface area contributed by atoms with E-state index in [2.05, 4.69) is 0 Å². The number of hydrogen-bond acceptors (Lipinski definition) is 4. The lowest BCUT2D eigenvalue weighted by Crippen LogP contribution is -2.37. The predicted octanol–water partition coefficient (Wildman–Crippen LogP) is 2.47. The monoisotopic (exact) mass is 307 g/mol. The molecule has 1 heterocycles. The number of nitrogens with zero attached hydrogens (tertiary/aromatic N) is 1. The van der Waals surface area contributed by atoms with E-state index in [9.17, 15) is 14.4 Å². The fourth-order valence-electron chi connectivity index (χ4n) is 2.91. The maximum Gasteiger partial charge on any atom is 0.343 e. The van der Waals surface area contributed by atoms with E-state index in [1.54, 1.807) is 24.3 Å². The molecule has 5 heteroatoms. The van der Waals surface area contributed by atoms with Gasteiger partial charge in [0, 0.05) is 0 Å². The minimum absolute atomic E-state index is 0.259. The summed E-state index contributed by atoms with van der Waals surface area (Å²) in [7, 11) is 0. The van der Waals surface area contributed by atoms with Crippen LogP contribution in [0, 0.1) is 0 Å². The van der Waals surface area contributed by atoms with Gasteiger partial charge in [0.2, 0.25) is 0 Å². The Bertz CT molecular complexity index is 789. The Morgan fingerprint density at radius 1 is 0.870 bits per heavy atom. The third-order valence-electron chi connectivity index (χ3n) is 4.40. The number of carbonyl (C=O) groups is 3. The van der Waals surface area contributed by atoms with Crippen LogP contribution >= 0.6 is 0 Å². The number of rotatable bonds is 3. The van der Waals surface area contributed by atoms with Gasteiger partial charge >= 0.3 is 5.97 Å². The molecule has 0 unspecified atom stereocenters. The van der Waals surface area contributed by atoms with Crippen LogP contribution in [0.25, 0.3) is 0 Å². The van der Waals surface area contributed by atoms with Crippen molar-refractivity contribution in [2.45, 2.75) is 18.3 Å². The summed E-state index contributed by atoms with van der Waals surface area (Å²) in [6.45, 7) is 0. The van der Waals surface area contributed by atoms with Gasteiger partial charge < -0.3 is 4.84 Å². The van der Waals surface area contributed by atoms with Gasteiger partial charge in [-0.15, -0.1) is 0 Å². The van der Waals surface area contributed by atoms with E-state index >= 15 is 0 Å². The highest BCUT2D eigenvalue weighted by Crippen LogP contribution is 2.49. The summed E-state index contributed by atoms with van der Waals surface area (Å²) >= 11 is 0. The highest BCUT2D eigenvalue weighted by Gasteiger charge is 2.55. The van der Waals surface area contributed by atoms with Crippen molar-refractivity contribution in [1.82, 2.24) is 5.06 Å². The van der Waals surface area contributed by atoms with E-state index in [1.807, 2.05) is 30.3 Å². The smallest absolute Gasteiger partial charge is 0.329 e.